The number of amides is 2. The number of carbonyl (C=O) groups is 2. The lowest BCUT2D eigenvalue weighted by Crippen LogP contribution is -2.41. The minimum atomic E-state index is -4.46. The fourth-order valence-corrected chi connectivity index (χ4v) is 4.29. The van der Waals surface area contributed by atoms with Gasteiger partial charge < -0.3 is 19.7 Å². The zero-order chi connectivity index (χ0) is 25.9. The summed E-state index contributed by atoms with van der Waals surface area (Å²) in [5.74, 6) is -0.706. The molecule has 1 N–H and O–H groups in total. The summed E-state index contributed by atoms with van der Waals surface area (Å²) in [6.07, 6.45) is -1.62. The highest BCUT2D eigenvalue weighted by molar-refractivity contribution is 6.03. The molecule has 0 spiro atoms. The zero-order valence-corrected chi connectivity index (χ0v) is 20.1. The predicted molar refractivity (Wildman–Crippen MR) is 123 cm³/mol. The molecule has 2 amide bonds. The summed E-state index contributed by atoms with van der Waals surface area (Å²) in [4.78, 5) is 38.1. The highest BCUT2D eigenvalue weighted by Gasteiger charge is 2.35. The van der Waals surface area contributed by atoms with Crippen molar-refractivity contribution >= 4 is 11.8 Å². The number of nitrogens with zero attached hydrogens (tertiary/aromatic N) is 4. The molecule has 0 aliphatic carbocycles. The average molecular weight is 508 g/mol. The quantitative estimate of drug-likeness (QED) is 0.587. The molecular formula is C24H28F3N5O4. The summed E-state index contributed by atoms with van der Waals surface area (Å²) in [5, 5.41) is 2.89. The number of aryl methyl sites for hydroxylation is 1. The fourth-order valence-electron chi connectivity index (χ4n) is 4.29. The molecule has 0 bridgehead atoms. The SMILES string of the molecule is Cc1cc(C(C)N2Cc3c(ccnc3C(=O)NCCN3CCOCC3)C2=O)cnc1OCC(F)(F)F. The van der Waals surface area contributed by atoms with Crippen molar-refractivity contribution in [3.63, 3.8) is 0 Å². The van der Waals surface area contributed by atoms with Crippen molar-refractivity contribution in [3.05, 3.63) is 52.5 Å². The first kappa shape index (κ1) is 25.8. The lowest BCUT2D eigenvalue weighted by molar-refractivity contribution is -0.154. The topological polar surface area (TPSA) is 96.9 Å². The molecule has 1 saturated heterocycles. The molecule has 12 heteroatoms. The monoisotopic (exact) mass is 507 g/mol. The van der Waals surface area contributed by atoms with Gasteiger partial charge >= 0.3 is 6.18 Å². The Morgan fingerprint density at radius 3 is 2.72 bits per heavy atom. The maximum Gasteiger partial charge on any atom is 0.422 e. The van der Waals surface area contributed by atoms with Gasteiger partial charge in [-0.05, 0) is 31.5 Å². The Hall–Kier alpha value is -3.25. The minimum Gasteiger partial charge on any atom is -0.468 e. The smallest absolute Gasteiger partial charge is 0.422 e. The lowest BCUT2D eigenvalue weighted by Gasteiger charge is -2.26. The van der Waals surface area contributed by atoms with E-state index in [-0.39, 0.29) is 29.9 Å². The predicted octanol–water partition coefficient (Wildman–Crippen LogP) is 2.51. The summed E-state index contributed by atoms with van der Waals surface area (Å²) < 4.78 is 47.5. The largest absolute Gasteiger partial charge is 0.468 e. The van der Waals surface area contributed by atoms with Gasteiger partial charge in [-0.25, -0.2) is 4.98 Å². The first-order chi connectivity index (χ1) is 17.1. The molecule has 4 heterocycles. The van der Waals surface area contributed by atoms with Crippen LogP contribution in [0, 0.1) is 6.92 Å². The highest BCUT2D eigenvalue weighted by Crippen LogP contribution is 2.33. The highest BCUT2D eigenvalue weighted by atomic mass is 19.4. The standard InChI is InChI=1S/C24H28F3N5O4/c1-15-11-17(12-30-22(15)36-14-24(25,26)27)16(2)32-13-19-18(23(32)34)3-4-28-20(19)21(33)29-5-6-31-7-9-35-10-8-31/h3-4,11-12,16H,5-10,13-14H2,1-2H3,(H,29,33). The molecule has 9 nitrogen and oxygen atoms in total. The summed E-state index contributed by atoms with van der Waals surface area (Å²) in [7, 11) is 0. The Bertz CT molecular complexity index is 1120. The van der Waals surface area contributed by atoms with Gasteiger partial charge in [-0.2, -0.15) is 13.2 Å². The molecule has 194 valence electrons. The second-order valence-corrected chi connectivity index (χ2v) is 8.80. The minimum absolute atomic E-state index is 0.112. The molecule has 2 aromatic rings. The van der Waals surface area contributed by atoms with E-state index in [9.17, 15) is 22.8 Å². The molecule has 2 aliphatic heterocycles. The van der Waals surface area contributed by atoms with E-state index < -0.39 is 18.8 Å². The Morgan fingerprint density at radius 2 is 2.03 bits per heavy atom. The third kappa shape index (κ3) is 5.93. The summed E-state index contributed by atoms with van der Waals surface area (Å²) in [6.45, 7) is 6.28. The van der Waals surface area contributed by atoms with Crippen molar-refractivity contribution in [2.24, 2.45) is 0 Å². The lowest BCUT2D eigenvalue weighted by atomic mass is 10.1. The van der Waals surface area contributed by atoms with Crippen LogP contribution in [-0.4, -0.2) is 83.8 Å². The first-order valence-corrected chi connectivity index (χ1v) is 11.7. The Balaban J connectivity index is 1.42. The molecule has 36 heavy (non-hydrogen) atoms. The molecule has 4 rings (SSSR count). The number of hydrogen-bond acceptors (Lipinski definition) is 7. The molecule has 2 aromatic heterocycles. The van der Waals surface area contributed by atoms with Gasteiger partial charge in [-0.15, -0.1) is 0 Å². The third-order valence-corrected chi connectivity index (χ3v) is 6.28. The van der Waals surface area contributed by atoms with Crippen LogP contribution >= 0.6 is 0 Å². The second-order valence-electron chi connectivity index (χ2n) is 8.80. The normalized spacial score (nSPS) is 17.1. The maximum absolute atomic E-state index is 13.1. The Labute approximate surface area is 206 Å². The van der Waals surface area contributed by atoms with Gasteiger partial charge in [0.05, 0.1) is 19.3 Å². The fraction of sp³-hybridized carbons (Fsp3) is 0.500. The summed E-state index contributed by atoms with van der Waals surface area (Å²) in [5.41, 5.74) is 2.23. The maximum atomic E-state index is 13.1. The molecule has 0 radical (unpaired) electrons. The van der Waals surface area contributed by atoms with Gasteiger partial charge in [0, 0.05) is 61.8 Å². The number of hydrogen-bond donors (Lipinski definition) is 1. The first-order valence-electron chi connectivity index (χ1n) is 11.7. The van der Waals surface area contributed by atoms with Crippen LogP contribution in [0.25, 0.3) is 0 Å². The summed E-state index contributed by atoms with van der Waals surface area (Å²) >= 11 is 0. The molecule has 1 unspecified atom stereocenters. The third-order valence-electron chi connectivity index (χ3n) is 6.28. The number of alkyl halides is 3. The van der Waals surface area contributed by atoms with Crippen molar-refractivity contribution in [2.75, 3.05) is 46.0 Å². The number of halogens is 3. The van der Waals surface area contributed by atoms with Crippen LogP contribution in [-0.2, 0) is 11.3 Å². The van der Waals surface area contributed by atoms with E-state index in [1.54, 1.807) is 30.9 Å². The van der Waals surface area contributed by atoms with Gasteiger partial charge in [0.25, 0.3) is 11.8 Å². The van der Waals surface area contributed by atoms with E-state index in [0.29, 0.717) is 48.6 Å². The van der Waals surface area contributed by atoms with Gasteiger partial charge in [0.1, 0.15) is 5.69 Å². The number of pyridine rings is 2. The van der Waals surface area contributed by atoms with E-state index in [2.05, 4.69) is 20.2 Å². The molecule has 0 saturated carbocycles. The average Bonchev–Trinajstić information content (AvgIpc) is 3.19. The number of carbonyl (C=O) groups excluding carboxylic acids is 2. The molecule has 1 atom stereocenters. The number of nitrogens with one attached hydrogen (secondary N) is 1. The van der Waals surface area contributed by atoms with Crippen molar-refractivity contribution in [1.82, 2.24) is 25.1 Å². The molecule has 0 aromatic carbocycles. The van der Waals surface area contributed by atoms with Gasteiger partial charge in [0.2, 0.25) is 5.88 Å². The summed E-state index contributed by atoms with van der Waals surface area (Å²) in [6, 6.07) is 2.80. The van der Waals surface area contributed by atoms with Crippen molar-refractivity contribution in [2.45, 2.75) is 32.6 Å². The van der Waals surface area contributed by atoms with Crippen LogP contribution in [0.2, 0.25) is 0 Å². The van der Waals surface area contributed by atoms with E-state index in [0.717, 1.165) is 13.1 Å². The van der Waals surface area contributed by atoms with E-state index in [1.807, 2.05) is 0 Å². The van der Waals surface area contributed by atoms with Gasteiger partial charge in [-0.3, -0.25) is 19.5 Å². The van der Waals surface area contributed by atoms with E-state index in [4.69, 9.17) is 9.47 Å². The number of morpholine rings is 1. The number of aromatic nitrogens is 2. The van der Waals surface area contributed by atoms with Crippen LogP contribution in [0.3, 0.4) is 0 Å². The zero-order valence-electron chi connectivity index (χ0n) is 20.1. The number of ether oxygens (including phenoxy) is 2. The molecule has 2 aliphatic rings. The Morgan fingerprint density at radius 1 is 1.28 bits per heavy atom. The number of fused-ring (bicyclic) bond motifs is 1. The molecular weight excluding hydrogens is 479 g/mol. The van der Waals surface area contributed by atoms with Crippen LogP contribution in [0.4, 0.5) is 13.2 Å². The second kappa shape index (κ2) is 10.8. The molecule has 1 fully saturated rings. The van der Waals surface area contributed by atoms with Crippen LogP contribution in [0.1, 0.15) is 50.5 Å². The Kier molecular flexibility index (Phi) is 7.74. The van der Waals surface area contributed by atoms with Crippen LogP contribution < -0.4 is 10.1 Å². The number of rotatable bonds is 8. The van der Waals surface area contributed by atoms with Crippen molar-refractivity contribution in [3.8, 4) is 5.88 Å². The van der Waals surface area contributed by atoms with Gasteiger partial charge in [0.15, 0.2) is 6.61 Å². The van der Waals surface area contributed by atoms with Gasteiger partial charge in [-0.1, -0.05) is 0 Å². The van der Waals surface area contributed by atoms with E-state index in [1.165, 1.54) is 12.4 Å². The van der Waals surface area contributed by atoms with Crippen LogP contribution in [0.15, 0.2) is 24.5 Å². The van der Waals surface area contributed by atoms with Crippen molar-refractivity contribution in [1.29, 1.82) is 0 Å². The van der Waals surface area contributed by atoms with E-state index >= 15 is 0 Å². The van der Waals surface area contributed by atoms with Crippen LogP contribution in [0.5, 0.6) is 5.88 Å². The van der Waals surface area contributed by atoms with Crippen molar-refractivity contribution < 1.29 is 32.2 Å².